The summed E-state index contributed by atoms with van der Waals surface area (Å²) in [5.41, 5.74) is 1.33. The number of hydrogen-bond donors (Lipinski definition) is 0. The van der Waals surface area contributed by atoms with E-state index < -0.39 is 6.10 Å². The molecule has 0 amide bonds. The lowest BCUT2D eigenvalue weighted by atomic mass is 9.78. The molecule has 0 spiro atoms. The topological polar surface area (TPSA) is 71.1 Å². The summed E-state index contributed by atoms with van der Waals surface area (Å²) < 4.78 is 21.8. The Kier molecular flexibility index (Phi) is 4.09. The Labute approximate surface area is 140 Å². The largest absolute Gasteiger partial charge is 0.496 e. The second-order valence-corrected chi connectivity index (χ2v) is 5.91. The molecule has 0 N–H and O–H groups in total. The van der Waals surface area contributed by atoms with Gasteiger partial charge in [-0.3, -0.25) is 9.59 Å². The van der Waals surface area contributed by atoms with Crippen LogP contribution in [0.3, 0.4) is 0 Å². The van der Waals surface area contributed by atoms with Gasteiger partial charge in [-0.25, -0.2) is 0 Å². The summed E-state index contributed by atoms with van der Waals surface area (Å²) in [7, 11) is 4.37. The minimum Gasteiger partial charge on any atom is -0.496 e. The van der Waals surface area contributed by atoms with Crippen molar-refractivity contribution in [3.05, 3.63) is 28.3 Å². The molecule has 1 aliphatic carbocycles. The number of methoxy groups -OCH3 is 3. The van der Waals surface area contributed by atoms with Crippen LogP contribution < -0.4 is 14.2 Å². The lowest BCUT2D eigenvalue weighted by Gasteiger charge is -2.33. The number of benzene rings is 1. The summed E-state index contributed by atoms with van der Waals surface area (Å²) in [6.45, 7) is 3.67. The number of carbonyl (C=O) groups excluding carboxylic acids is 2. The second-order valence-electron chi connectivity index (χ2n) is 5.91. The number of rotatable bonds is 3. The fourth-order valence-corrected chi connectivity index (χ4v) is 3.50. The summed E-state index contributed by atoms with van der Waals surface area (Å²) in [5, 5.41) is 0. The Hall–Kier alpha value is -2.34. The third-order valence-electron chi connectivity index (χ3n) is 4.49. The van der Waals surface area contributed by atoms with E-state index in [1.54, 1.807) is 13.0 Å². The van der Waals surface area contributed by atoms with Gasteiger partial charge in [0.15, 0.2) is 23.1 Å². The SMILES string of the molecule is COc1cc(OC)c2c(c1OC)C(=O)C1=C(C2=O)[C@@H](C)O[C@@H](C)C1. The molecule has 128 valence electrons. The molecule has 0 saturated carbocycles. The number of ether oxygens (including phenoxy) is 4. The van der Waals surface area contributed by atoms with Gasteiger partial charge in [0.1, 0.15) is 5.75 Å². The maximum atomic E-state index is 13.1. The zero-order chi connectivity index (χ0) is 17.6. The molecule has 6 heteroatoms. The van der Waals surface area contributed by atoms with Crippen molar-refractivity contribution in [1.29, 1.82) is 0 Å². The van der Waals surface area contributed by atoms with Crippen LogP contribution in [-0.2, 0) is 4.74 Å². The number of hydrogen-bond acceptors (Lipinski definition) is 6. The summed E-state index contributed by atoms with van der Waals surface area (Å²) in [5.74, 6) is 0.419. The fraction of sp³-hybridized carbons (Fsp3) is 0.444. The van der Waals surface area contributed by atoms with E-state index in [9.17, 15) is 9.59 Å². The first-order chi connectivity index (χ1) is 11.4. The van der Waals surface area contributed by atoms with E-state index in [-0.39, 0.29) is 34.5 Å². The van der Waals surface area contributed by atoms with Crippen LogP contribution in [0.4, 0.5) is 0 Å². The Bertz CT molecular complexity index is 761. The van der Waals surface area contributed by atoms with Crippen LogP contribution in [0.1, 0.15) is 41.0 Å². The van der Waals surface area contributed by atoms with E-state index in [0.717, 1.165) is 0 Å². The first-order valence-corrected chi connectivity index (χ1v) is 7.75. The Morgan fingerprint density at radius 3 is 2.21 bits per heavy atom. The lowest BCUT2D eigenvalue weighted by Crippen LogP contribution is -2.36. The van der Waals surface area contributed by atoms with Crippen LogP contribution in [-0.4, -0.2) is 45.1 Å². The molecule has 0 bridgehead atoms. The van der Waals surface area contributed by atoms with Gasteiger partial charge >= 0.3 is 0 Å². The summed E-state index contributed by atoms with van der Waals surface area (Å²) in [6.07, 6.45) is -0.173. The Morgan fingerprint density at radius 2 is 1.62 bits per heavy atom. The van der Waals surface area contributed by atoms with Crippen LogP contribution in [0.5, 0.6) is 17.2 Å². The average molecular weight is 332 g/mol. The van der Waals surface area contributed by atoms with E-state index in [1.165, 1.54) is 21.3 Å². The highest BCUT2D eigenvalue weighted by molar-refractivity contribution is 6.29. The van der Waals surface area contributed by atoms with Crippen molar-refractivity contribution in [3.63, 3.8) is 0 Å². The molecule has 0 aromatic heterocycles. The summed E-state index contributed by atoms with van der Waals surface area (Å²) >= 11 is 0. The zero-order valence-electron chi connectivity index (χ0n) is 14.4. The van der Waals surface area contributed by atoms with Gasteiger partial charge in [0.2, 0.25) is 0 Å². The van der Waals surface area contributed by atoms with Crippen LogP contribution in [0, 0.1) is 0 Å². The molecular weight excluding hydrogens is 312 g/mol. The first kappa shape index (κ1) is 16.5. The molecule has 1 aromatic rings. The van der Waals surface area contributed by atoms with Crippen molar-refractivity contribution in [2.24, 2.45) is 0 Å². The molecule has 0 unspecified atom stereocenters. The highest BCUT2D eigenvalue weighted by atomic mass is 16.5. The highest BCUT2D eigenvalue weighted by Gasteiger charge is 2.43. The predicted molar refractivity (Wildman–Crippen MR) is 86.4 cm³/mol. The molecule has 0 saturated heterocycles. The van der Waals surface area contributed by atoms with Crippen molar-refractivity contribution in [1.82, 2.24) is 0 Å². The molecule has 2 atom stereocenters. The minimum atomic E-state index is -0.439. The van der Waals surface area contributed by atoms with Gasteiger partial charge in [-0.05, 0) is 13.8 Å². The summed E-state index contributed by atoms with van der Waals surface area (Å²) in [4.78, 5) is 26.2. The molecule has 24 heavy (non-hydrogen) atoms. The first-order valence-electron chi connectivity index (χ1n) is 7.75. The van der Waals surface area contributed by atoms with Crippen molar-refractivity contribution in [3.8, 4) is 17.2 Å². The van der Waals surface area contributed by atoms with E-state index in [4.69, 9.17) is 18.9 Å². The van der Waals surface area contributed by atoms with Crippen LogP contribution in [0.25, 0.3) is 0 Å². The van der Waals surface area contributed by atoms with Gasteiger partial charge in [-0.1, -0.05) is 0 Å². The number of Topliss-reactive ketones (excluding diaryl/α,β-unsaturated/α-hetero) is 2. The van der Waals surface area contributed by atoms with Crippen molar-refractivity contribution < 1.29 is 28.5 Å². The monoisotopic (exact) mass is 332 g/mol. The smallest absolute Gasteiger partial charge is 0.196 e. The van der Waals surface area contributed by atoms with E-state index in [1.807, 2.05) is 6.92 Å². The second kappa shape index (κ2) is 5.94. The molecule has 2 aliphatic rings. The van der Waals surface area contributed by atoms with Crippen LogP contribution >= 0.6 is 0 Å². The minimum absolute atomic E-state index is 0.129. The molecule has 0 fully saturated rings. The van der Waals surface area contributed by atoms with E-state index in [2.05, 4.69) is 0 Å². The fourth-order valence-electron chi connectivity index (χ4n) is 3.50. The standard InChI is InChI=1S/C18H20O6/c1-8-6-10-13(9(2)24-8)17(20)14-11(21-3)7-12(22-4)18(23-5)15(14)16(10)19/h7-9H,6H2,1-5H3/t8-,9+/m0/s1. The lowest BCUT2D eigenvalue weighted by molar-refractivity contribution is 0.0148. The number of fused-ring (bicyclic) bond motifs is 1. The van der Waals surface area contributed by atoms with Crippen molar-refractivity contribution in [2.75, 3.05) is 21.3 Å². The quantitative estimate of drug-likeness (QED) is 0.847. The van der Waals surface area contributed by atoms with Gasteiger partial charge < -0.3 is 18.9 Å². The molecule has 0 radical (unpaired) electrons. The van der Waals surface area contributed by atoms with Crippen molar-refractivity contribution in [2.45, 2.75) is 32.5 Å². The van der Waals surface area contributed by atoms with Gasteiger partial charge in [-0.2, -0.15) is 0 Å². The molecule has 1 aromatic carbocycles. The normalized spacial score (nSPS) is 22.9. The molecule has 1 aliphatic heterocycles. The molecule has 6 nitrogen and oxygen atoms in total. The van der Waals surface area contributed by atoms with Gasteiger partial charge in [0.05, 0.1) is 44.7 Å². The number of ketones is 2. The molecule has 3 rings (SSSR count). The van der Waals surface area contributed by atoms with E-state index in [0.29, 0.717) is 29.1 Å². The molecular formula is C18H20O6. The number of carbonyl (C=O) groups is 2. The Balaban J connectivity index is 2.32. The van der Waals surface area contributed by atoms with Gasteiger partial charge in [0, 0.05) is 23.6 Å². The van der Waals surface area contributed by atoms with Crippen LogP contribution in [0.2, 0.25) is 0 Å². The predicted octanol–water partition coefficient (Wildman–Crippen LogP) is 2.59. The van der Waals surface area contributed by atoms with E-state index >= 15 is 0 Å². The van der Waals surface area contributed by atoms with Crippen molar-refractivity contribution >= 4 is 11.6 Å². The van der Waals surface area contributed by atoms with Crippen LogP contribution in [0.15, 0.2) is 17.2 Å². The maximum Gasteiger partial charge on any atom is 0.196 e. The van der Waals surface area contributed by atoms with Gasteiger partial charge in [-0.15, -0.1) is 0 Å². The molecule has 1 heterocycles. The highest BCUT2D eigenvalue weighted by Crippen LogP contribution is 2.46. The third-order valence-corrected chi connectivity index (χ3v) is 4.49. The average Bonchev–Trinajstić information content (AvgIpc) is 2.56. The Morgan fingerprint density at radius 1 is 0.958 bits per heavy atom. The third kappa shape index (κ3) is 2.21. The summed E-state index contributed by atoms with van der Waals surface area (Å²) in [6, 6.07) is 1.56. The zero-order valence-corrected chi connectivity index (χ0v) is 14.4. The van der Waals surface area contributed by atoms with Gasteiger partial charge in [0.25, 0.3) is 0 Å². The maximum absolute atomic E-state index is 13.1.